The van der Waals surface area contributed by atoms with Crippen LogP contribution in [0.3, 0.4) is 0 Å². The largest absolute Gasteiger partial charge is 0.338 e. The third-order valence-corrected chi connectivity index (χ3v) is 5.19. The molecular formula is C18H26N2O. The molecule has 1 aliphatic heterocycles. The Balaban J connectivity index is 1.75. The molecule has 21 heavy (non-hydrogen) atoms. The number of fused-ring (bicyclic) bond motifs is 1. The summed E-state index contributed by atoms with van der Waals surface area (Å²) in [7, 11) is 0. The summed E-state index contributed by atoms with van der Waals surface area (Å²) in [6, 6.07) is 8.55. The van der Waals surface area contributed by atoms with Crippen molar-refractivity contribution in [1.29, 1.82) is 0 Å². The SMILES string of the molecule is NCC1CCCCC1C(=O)N1CCCc2ccccc2C1. The van der Waals surface area contributed by atoms with E-state index in [4.69, 9.17) is 5.73 Å². The van der Waals surface area contributed by atoms with Gasteiger partial charge in [0.15, 0.2) is 0 Å². The smallest absolute Gasteiger partial charge is 0.226 e. The van der Waals surface area contributed by atoms with Crippen LogP contribution in [0, 0.1) is 11.8 Å². The van der Waals surface area contributed by atoms with Crippen molar-refractivity contribution in [2.24, 2.45) is 17.6 Å². The number of rotatable bonds is 2. The average Bonchev–Trinajstić information content (AvgIpc) is 2.76. The van der Waals surface area contributed by atoms with Gasteiger partial charge in [0.05, 0.1) is 0 Å². The molecule has 1 aromatic rings. The lowest BCUT2D eigenvalue weighted by Gasteiger charge is -2.34. The fourth-order valence-electron chi connectivity index (χ4n) is 3.94. The van der Waals surface area contributed by atoms with E-state index in [1.54, 1.807) is 0 Å². The predicted octanol–water partition coefficient (Wildman–Crippen LogP) is 2.73. The predicted molar refractivity (Wildman–Crippen MR) is 84.7 cm³/mol. The van der Waals surface area contributed by atoms with Crippen LogP contribution in [0.5, 0.6) is 0 Å². The summed E-state index contributed by atoms with van der Waals surface area (Å²) >= 11 is 0. The Morgan fingerprint density at radius 2 is 1.90 bits per heavy atom. The molecule has 1 fully saturated rings. The van der Waals surface area contributed by atoms with Crippen molar-refractivity contribution in [3.8, 4) is 0 Å². The zero-order chi connectivity index (χ0) is 14.7. The molecule has 3 heteroatoms. The van der Waals surface area contributed by atoms with Crippen LogP contribution in [0.25, 0.3) is 0 Å². The summed E-state index contributed by atoms with van der Waals surface area (Å²) in [5, 5.41) is 0. The van der Waals surface area contributed by atoms with Crippen molar-refractivity contribution in [2.75, 3.05) is 13.1 Å². The lowest BCUT2D eigenvalue weighted by Crippen LogP contribution is -2.42. The molecule has 0 aromatic heterocycles. The van der Waals surface area contributed by atoms with Crippen molar-refractivity contribution in [3.05, 3.63) is 35.4 Å². The highest BCUT2D eigenvalue weighted by Crippen LogP contribution is 2.32. The molecule has 1 amide bonds. The van der Waals surface area contributed by atoms with Crippen molar-refractivity contribution in [3.63, 3.8) is 0 Å². The fraction of sp³-hybridized carbons (Fsp3) is 0.611. The highest BCUT2D eigenvalue weighted by molar-refractivity contribution is 5.79. The molecule has 1 aromatic carbocycles. The molecule has 2 N–H and O–H groups in total. The van der Waals surface area contributed by atoms with Gasteiger partial charge in [-0.1, -0.05) is 37.1 Å². The minimum atomic E-state index is 0.161. The van der Waals surface area contributed by atoms with E-state index in [1.165, 1.54) is 24.0 Å². The summed E-state index contributed by atoms with van der Waals surface area (Å²) in [5.74, 6) is 0.903. The summed E-state index contributed by atoms with van der Waals surface area (Å²) in [4.78, 5) is 15.0. The van der Waals surface area contributed by atoms with Gasteiger partial charge < -0.3 is 10.6 Å². The lowest BCUT2D eigenvalue weighted by atomic mass is 9.78. The number of hydrogen-bond donors (Lipinski definition) is 1. The van der Waals surface area contributed by atoms with Crippen LogP contribution in [-0.2, 0) is 17.8 Å². The molecule has 114 valence electrons. The number of carbonyl (C=O) groups excluding carboxylic acids is 1. The van der Waals surface area contributed by atoms with Crippen molar-refractivity contribution < 1.29 is 4.79 Å². The fourth-order valence-corrected chi connectivity index (χ4v) is 3.94. The van der Waals surface area contributed by atoms with E-state index >= 15 is 0 Å². The molecular weight excluding hydrogens is 260 g/mol. The van der Waals surface area contributed by atoms with Crippen molar-refractivity contribution in [2.45, 2.75) is 45.1 Å². The first kappa shape index (κ1) is 14.6. The van der Waals surface area contributed by atoms with Gasteiger partial charge in [-0.05, 0) is 49.3 Å². The molecule has 0 bridgehead atoms. The van der Waals surface area contributed by atoms with Crippen LogP contribution in [0.4, 0.5) is 0 Å². The maximum Gasteiger partial charge on any atom is 0.226 e. The first-order valence-electron chi connectivity index (χ1n) is 8.35. The monoisotopic (exact) mass is 286 g/mol. The molecule has 3 nitrogen and oxygen atoms in total. The zero-order valence-electron chi connectivity index (χ0n) is 12.8. The Bertz CT molecular complexity index is 500. The summed E-state index contributed by atoms with van der Waals surface area (Å²) < 4.78 is 0. The van der Waals surface area contributed by atoms with Gasteiger partial charge in [-0.25, -0.2) is 0 Å². The van der Waals surface area contributed by atoms with E-state index in [0.717, 1.165) is 38.8 Å². The molecule has 0 spiro atoms. The van der Waals surface area contributed by atoms with Gasteiger partial charge in [0.2, 0.25) is 5.91 Å². The van der Waals surface area contributed by atoms with Crippen molar-refractivity contribution >= 4 is 5.91 Å². The molecule has 1 aliphatic carbocycles. The maximum absolute atomic E-state index is 13.0. The summed E-state index contributed by atoms with van der Waals surface area (Å²) in [6.07, 6.45) is 6.72. The molecule has 0 radical (unpaired) electrons. The second kappa shape index (κ2) is 6.61. The lowest BCUT2D eigenvalue weighted by molar-refractivity contribution is -0.139. The Labute approximate surface area is 127 Å². The van der Waals surface area contributed by atoms with Gasteiger partial charge in [-0.15, -0.1) is 0 Å². The number of aryl methyl sites for hydroxylation is 1. The van der Waals surface area contributed by atoms with Crippen molar-refractivity contribution in [1.82, 2.24) is 4.90 Å². The third kappa shape index (κ3) is 3.13. The minimum Gasteiger partial charge on any atom is -0.338 e. The zero-order valence-corrected chi connectivity index (χ0v) is 12.8. The second-order valence-electron chi connectivity index (χ2n) is 6.52. The molecule has 1 heterocycles. The van der Waals surface area contributed by atoms with Crippen LogP contribution in [0.2, 0.25) is 0 Å². The van der Waals surface area contributed by atoms with Gasteiger partial charge >= 0.3 is 0 Å². The average molecular weight is 286 g/mol. The van der Waals surface area contributed by atoms with Gasteiger partial charge in [-0.2, -0.15) is 0 Å². The third-order valence-electron chi connectivity index (χ3n) is 5.19. The molecule has 0 saturated heterocycles. The van der Waals surface area contributed by atoms with E-state index < -0.39 is 0 Å². The van der Waals surface area contributed by atoms with E-state index in [2.05, 4.69) is 29.2 Å². The van der Waals surface area contributed by atoms with Crippen LogP contribution in [0.1, 0.15) is 43.2 Å². The quantitative estimate of drug-likeness (QED) is 0.908. The normalized spacial score (nSPS) is 26.0. The molecule has 2 aliphatic rings. The van der Waals surface area contributed by atoms with Gasteiger partial charge in [0, 0.05) is 19.0 Å². The van der Waals surface area contributed by atoms with Crippen LogP contribution in [0.15, 0.2) is 24.3 Å². The Morgan fingerprint density at radius 1 is 1.14 bits per heavy atom. The second-order valence-corrected chi connectivity index (χ2v) is 6.52. The minimum absolute atomic E-state index is 0.161. The molecule has 1 saturated carbocycles. The summed E-state index contributed by atoms with van der Waals surface area (Å²) in [5.41, 5.74) is 8.63. The van der Waals surface area contributed by atoms with Gasteiger partial charge in [0.1, 0.15) is 0 Å². The van der Waals surface area contributed by atoms with E-state index in [0.29, 0.717) is 18.4 Å². The Hall–Kier alpha value is -1.35. The topological polar surface area (TPSA) is 46.3 Å². The van der Waals surface area contributed by atoms with Gasteiger partial charge in [-0.3, -0.25) is 4.79 Å². The van der Waals surface area contributed by atoms with E-state index in [9.17, 15) is 4.79 Å². The van der Waals surface area contributed by atoms with E-state index in [1.807, 2.05) is 0 Å². The molecule has 3 rings (SSSR count). The number of carbonyl (C=O) groups is 1. The number of nitrogens with two attached hydrogens (primary N) is 1. The van der Waals surface area contributed by atoms with Crippen LogP contribution >= 0.6 is 0 Å². The van der Waals surface area contributed by atoms with E-state index in [-0.39, 0.29) is 5.92 Å². The number of benzene rings is 1. The highest BCUT2D eigenvalue weighted by atomic mass is 16.2. The Kier molecular flexibility index (Phi) is 4.59. The number of hydrogen-bond acceptors (Lipinski definition) is 2. The number of nitrogens with zero attached hydrogens (tertiary/aromatic N) is 1. The molecule has 2 unspecified atom stereocenters. The van der Waals surface area contributed by atoms with Crippen LogP contribution in [-0.4, -0.2) is 23.9 Å². The van der Waals surface area contributed by atoms with Crippen LogP contribution < -0.4 is 5.73 Å². The highest BCUT2D eigenvalue weighted by Gasteiger charge is 2.33. The first-order chi connectivity index (χ1) is 10.3. The Morgan fingerprint density at radius 3 is 2.71 bits per heavy atom. The van der Waals surface area contributed by atoms with Gasteiger partial charge in [0.25, 0.3) is 0 Å². The first-order valence-corrected chi connectivity index (χ1v) is 8.35. The number of amides is 1. The maximum atomic E-state index is 13.0. The standard InChI is InChI=1S/C18H26N2O/c19-12-15-7-3-4-10-17(15)18(21)20-11-5-9-14-6-1-2-8-16(14)13-20/h1-2,6,8,15,17H,3-5,7,9-13,19H2. The molecule has 2 atom stereocenters. The summed E-state index contributed by atoms with van der Waals surface area (Å²) in [6.45, 7) is 2.32.